The Morgan fingerprint density at radius 1 is 1.00 bits per heavy atom. The Bertz CT molecular complexity index is 1140. The first-order valence-electron chi connectivity index (χ1n) is 10.4. The van der Waals surface area contributed by atoms with Crippen LogP contribution in [0.15, 0.2) is 84.0 Å². The molecule has 0 fully saturated rings. The largest absolute Gasteiger partial charge is 0.497 e. The van der Waals surface area contributed by atoms with Gasteiger partial charge in [-0.25, -0.2) is 9.80 Å². The number of aryl methyl sites for hydroxylation is 1. The Morgan fingerprint density at radius 3 is 2.44 bits per heavy atom. The summed E-state index contributed by atoms with van der Waals surface area (Å²) in [6.07, 6.45) is 0.563. The van der Waals surface area contributed by atoms with E-state index in [2.05, 4.69) is 5.10 Å². The van der Waals surface area contributed by atoms with Gasteiger partial charge in [0, 0.05) is 6.42 Å². The second kappa shape index (κ2) is 9.47. The van der Waals surface area contributed by atoms with Gasteiger partial charge in [0.1, 0.15) is 5.75 Å². The first-order chi connectivity index (χ1) is 15.5. The zero-order valence-electron chi connectivity index (χ0n) is 18.0. The number of nitrogens with zero attached hydrogens (tertiary/aromatic N) is 2. The standard InChI is InChI=1S/C26H24N2O4/c1-18-7-6-10-21(15-18)26(30)32-17-25(29)28-24(20-11-13-22(31-2)14-12-20)16-23(27-28)19-8-4-3-5-9-19/h3-15,24H,16-17H2,1-2H3/t24-/m1/s1. The minimum Gasteiger partial charge on any atom is -0.497 e. The van der Waals surface area contributed by atoms with Crippen LogP contribution < -0.4 is 4.74 Å². The molecule has 4 rings (SSSR count). The number of methoxy groups -OCH3 is 1. The summed E-state index contributed by atoms with van der Waals surface area (Å²) in [4.78, 5) is 25.4. The van der Waals surface area contributed by atoms with Crippen molar-refractivity contribution in [2.24, 2.45) is 5.10 Å². The average Bonchev–Trinajstić information content (AvgIpc) is 3.28. The van der Waals surface area contributed by atoms with Gasteiger partial charge in [0.15, 0.2) is 6.61 Å². The number of benzene rings is 3. The van der Waals surface area contributed by atoms with Crippen molar-refractivity contribution in [3.63, 3.8) is 0 Å². The topological polar surface area (TPSA) is 68.2 Å². The summed E-state index contributed by atoms with van der Waals surface area (Å²) in [6.45, 7) is 1.51. The molecule has 0 saturated carbocycles. The minimum absolute atomic E-state index is 0.290. The molecular weight excluding hydrogens is 404 g/mol. The van der Waals surface area contributed by atoms with E-state index >= 15 is 0 Å². The van der Waals surface area contributed by atoms with Crippen LogP contribution in [0.3, 0.4) is 0 Å². The molecule has 0 radical (unpaired) electrons. The minimum atomic E-state index is -0.533. The van der Waals surface area contributed by atoms with Gasteiger partial charge in [0.2, 0.25) is 0 Å². The van der Waals surface area contributed by atoms with Crippen molar-refractivity contribution in [3.05, 3.63) is 101 Å². The van der Waals surface area contributed by atoms with Crippen LogP contribution in [0, 0.1) is 6.92 Å². The Hall–Kier alpha value is -3.93. The van der Waals surface area contributed by atoms with E-state index in [-0.39, 0.29) is 18.6 Å². The third kappa shape index (κ3) is 4.70. The molecule has 32 heavy (non-hydrogen) atoms. The lowest BCUT2D eigenvalue weighted by molar-refractivity contribution is -0.136. The molecule has 1 atom stereocenters. The summed E-state index contributed by atoms with van der Waals surface area (Å²) in [6, 6.07) is 24.1. The summed E-state index contributed by atoms with van der Waals surface area (Å²) >= 11 is 0. The number of carbonyl (C=O) groups excluding carboxylic acids is 2. The zero-order chi connectivity index (χ0) is 22.5. The average molecular weight is 428 g/mol. The van der Waals surface area contributed by atoms with Gasteiger partial charge in [-0.3, -0.25) is 4.79 Å². The van der Waals surface area contributed by atoms with E-state index in [0.717, 1.165) is 28.2 Å². The van der Waals surface area contributed by atoms with Gasteiger partial charge in [0.05, 0.1) is 24.4 Å². The van der Waals surface area contributed by atoms with Crippen LogP contribution in [-0.4, -0.2) is 36.3 Å². The molecule has 0 unspecified atom stereocenters. The fraction of sp³-hybridized carbons (Fsp3) is 0.192. The maximum Gasteiger partial charge on any atom is 0.338 e. The number of carbonyl (C=O) groups is 2. The van der Waals surface area contributed by atoms with Gasteiger partial charge >= 0.3 is 5.97 Å². The Labute approximate surface area is 187 Å². The smallest absolute Gasteiger partial charge is 0.338 e. The Kier molecular flexibility index (Phi) is 6.31. The van der Waals surface area contributed by atoms with E-state index < -0.39 is 5.97 Å². The lowest BCUT2D eigenvalue weighted by atomic mass is 9.98. The number of ether oxygens (including phenoxy) is 2. The number of hydrogen-bond acceptors (Lipinski definition) is 5. The van der Waals surface area contributed by atoms with Gasteiger partial charge in [-0.05, 0) is 42.3 Å². The van der Waals surface area contributed by atoms with Crippen molar-refractivity contribution in [2.45, 2.75) is 19.4 Å². The van der Waals surface area contributed by atoms with Crippen LogP contribution in [0.1, 0.15) is 39.5 Å². The molecule has 1 aliphatic rings. The van der Waals surface area contributed by atoms with E-state index in [1.807, 2.05) is 67.6 Å². The fourth-order valence-corrected chi connectivity index (χ4v) is 3.68. The van der Waals surface area contributed by atoms with E-state index in [9.17, 15) is 9.59 Å². The fourth-order valence-electron chi connectivity index (χ4n) is 3.68. The van der Waals surface area contributed by atoms with Crippen LogP contribution >= 0.6 is 0 Å². The first-order valence-corrected chi connectivity index (χ1v) is 10.4. The van der Waals surface area contributed by atoms with Crippen molar-refractivity contribution in [1.29, 1.82) is 0 Å². The quantitative estimate of drug-likeness (QED) is 0.541. The van der Waals surface area contributed by atoms with Crippen molar-refractivity contribution < 1.29 is 19.1 Å². The van der Waals surface area contributed by atoms with Crippen molar-refractivity contribution in [3.8, 4) is 5.75 Å². The summed E-state index contributed by atoms with van der Waals surface area (Å²) < 4.78 is 10.5. The normalized spacial score (nSPS) is 15.2. The summed E-state index contributed by atoms with van der Waals surface area (Å²) in [7, 11) is 1.61. The highest BCUT2D eigenvalue weighted by atomic mass is 16.5. The molecule has 3 aromatic carbocycles. The highest BCUT2D eigenvalue weighted by Gasteiger charge is 2.33. The maximum atomic E-state index is 13.0. The van der Waals surface area contributed by atoms with Gasteiger partial charge in [-0.2, -0.15) is 5.10 Å². The van der Waals surface area contributed by atoms with Gasteiger partial charge < -0.3 is 9.47 Å². The van der Waals surface area contributed by atoms with Gasteiger partial charge in [0.25, 0.3) is 5.91 Å². The van der Waals surface area contributed by atoms with Gasteiger partial charge in [-0.1, -0.05) is 60.2 Å². The molecule has 6 heteroatoms. The molecule has 162 valence electrons. The maximum absolute atomic E-state index is 13.0. The van der Waals surface area contributed by atoms with E-state index in [1.165, 1.54) is 5.01 Å². The van der Waals surface area contributed by atoms with Crippen LogP contribution in [0.5, 0.6) is 5.75 Å². The molecule has 0 spiro atoms. The molecular formula is C26H24N2O4. The zero-order valence-corrected chi connectivity index (χ0v) is 18.0. The van der Waals surface area contributed by atoms with Gasteiger partial charge in [-0.15, -0.1) is 0 Å². The molecule has 1 heterocycles. The van der Waals surface area contributed by atoms with Crippen LogP contribution in [0.25, 0.3) is 0 Å². The highest BCUT2D eigenvalue weighted by molar-refractivity contribution is 6.03. The number of hydrogen-bond donors (Lipinski definition) is 0. The number of hydrazone groups is 1. The molecule has 0 saturated heterocycles. The molecule has 6 nitrogen and oxygen atoms in total. The third-order valence-electron chi connectivity index (χ3n) is 5.35. The van der Waals surface area contributed by atoms with Crippen molar-refractivity contribution >= 4 is 17.6 Å². The predicted octanol–water partition coefficient (Wildman–Crippen LogP) is 4.54. The molecule has 0 aliphatic carbocycles. The highest BCUT2D eigenvalue weighted by Crippen LogP contribution is 2.33. The summed E-state index contributed by atoms with van der Waals surface area (Å²) in [5.74, 6) is -0.173. The summed E-state index contributed by atoms with van der Waals surface area (Å²) in [5.41, 5.74) is 4.06. The van der Waals surface area contributed by atoms with E-state index in [1.54, 1.807) is 25.3 Å². The van der Waals surface area contributed by atoms with Crippen LogP contribution in [0.4, 0.5) is 0 Å². The van der Waals surface area contributed by atoms with Crippen LogP contribution in [0.2, 0.25) is 0 Å². The predicted molar refractivity (Wildman–Crippen MR) is 122 cm³/mol. The Morgan fingerprint density at radius 2 is 1.75 bits per heavy atom. The number of esters is 1. The molecule has 0 bridgehead atoms. The lowest BCUT2D eigenvalue weighted by Gasteiger charge is -2.22. The molecule has 1 amide bonds. The Balaban J connectivity index is 1.54. The lowest BCUT2D eigenvalue weighted by Crippen LogP contribution is -2.31. The second-order valence-corrected chi connectivity index (χ2v) is 7.59. The SMILES string of the molecule is COc1ccc([C@H]2CC(c3ccccc3)=NN2C(=O)COC(=O)c2cccc(C)c2)cc1. The van der Waals surface area contributed by atoms with Crippen molar-refractivity contribution in [2.75, 3.05) is 13.7 Å². The molecule has 3 aromatic rings. The number of rotatable bonds is 6. The second-order valence-electron chi connectivity index (χ2n) is 7.59. The van der Waals surface area contributed by atoms with Crippen LogP contribution in [-0.2, 0) is 9.53 Å². The molecule has 0 aromatic heterocycles. The first kappa shape index (κ1) is 21.3. The molecule has 1 aliphatic heterocycles. The van der Waals surface area contributed by atoms with E-state index in [4.69, 9.17) is 9.47 Å². The molecule has 0 N–H and O–H groups in total. The monoisotopic (exact) mass is 428 g/mol. The number of amides is 1. The summed E-state index contributed by atoms with van der Waals surface area (Å²) in [5, 5.41) is 6.03. The van der Waals surface area contributed by atoms with E-state index in [0.29, 0.717) is 12.0 Å². The third-order valence-corrected chi connectivity index (χ3v) is 5.35. The van der Waals surface area contributed by atoms with Crippen molar-refractivity contribution in [1.82, 2.24) is 5.01 Å².